The maximum Gasteiger partial charge on any atom is 0.255 e. The molecule has 4 nitrogen and oxygen atoms in total. The summed E-state index contributed by atoms with van der Waals surface area (Å²) in [4.78, 5) is 24.5. The average Bonchev–Trinajstić information content (AvgIpc) is 2.69. The molecular formula is C24H24N2O2. The molecular weight excluding hydrogens is 348 g/mol. The summed E-state index contributed by atoms with van der Waals surface area (Å²) in [5.41, 5.74) is 4.15. The lowest BCUT2D eigenvalue weighted by Gasteiger charge is -2.09. The summed E-state index contributed by atoms with van der Waals surface area (Å²) in [7, 11) is 0. The van der Waals surface area contributed by atoms with Crippen LogP contribution in [0.15, 0.2) is 78.9 Å². The highest BCUT2D eigenvalue weighted by Crippen LogP contribution is 2.18. The molecule has 0 saturated carbocycles. The van der Waals surface area contributed by atoms with Gasteiger partial charge in [0.15, 0.2) is 0 Å². The molecule has 0 radical (unpaired) electrons. The molecule has 0 aliphatic rings. The molecule has 0 spiro atoms. The van der Waals surface area contributed by atoms with Gasteiger partial charge in [0.25, 0.3) is 5.91 Å². The first-order chi connectivity index (χ1) is 13.5. The van der Waals surface area contributed by atoms with Gasteiger partial charge in [0.1, 0.15) is 0 Å². The van der Waals surface area contributed by atoms with Crippen LogP contribution in [0.3, 0.4) is 0 Å². The number of hydrogen-bond donors (Lipinski definition) is 2. The van der Waals surface area contributed by atoms with E-state index in [0.717, 1.165) is 11.3 Å². The molecule has 28 heavy (non-hydrogen) atoms. The number of carbonyl (C=O) groups excluding carboxylic acids is 2. The monoisotopic (exact) mass is 372 g/mol. The molecule has 3 rings (SSSR count). The van der Waals surface area contributed by atoms with Gasteiger partial charge >= 0.3 is 0 Å². The van der Waals surface area contributed by atoms with Crippen molar-refractivity contribution in [3.05, 3.63) is 95.6 Å². The first-order valence-electron chi connectivity index (χ1n) is 9.36. The van der Waals surface area contributed by atoms with E-state index in [2.05, 4.69) is 24.5 Å². The van der Waals surface area contributed by atoms with Crippen LogP contribution in [-0.2, 0) is 11.2 Å². The molecule has 0 aromatic heterocycles. The molecule has 0 fully saturated rings. The van der Waals surface area contributed by atoms with Crippen LogP contribution >= 0.6 is 0 Å². The van der Waals surface area contributed by atoms with Crippen molar-refractivity contribution in [3.8, 4) is 0 Å². The second kappa shape index (κ2) is 9.00. The Balaban J connectivity index is 1.57. The van der Waals surface area contributed by atoms with Gasteiger partial charge in [-0.25, -0.2) is 0 Å². The molecule has 0 saturated heterocycles. The van der Waals surface area contributed by atoms with E-state index in [4.69, 9.17) is 0 Å². The highest BCUT2D eigenvalue weighted by atomic mass is 16.2. The van der Waals surface area contributed by atoms with E-state index in [9.17, 15) is 9.59 Å². The van der Waals surface area contributed by atoms with Crippen molar-refractivity contribution in [1.82, 2.24) is 0 Å². The van der Waals surface area contributed by atoms with Crippen molar-refractivity contribution < 1.29 is 9.59 Å². The topological polar surface area (TPSA) is 58.2 Å². The third-order valence-electron chi connectivity index (χ3n) is 4.47. The van der Waals surface area contributed by atoms with Crippen molar-refractivity contribution >= 4 is 23.2 Å². The standard InChI is InChI=1S/C24H24N2O2/c1-17(2)19-8-12-22(13-9-19)26-24(28)20-10-14-21(15-11-20)25-23(27)16-18-6-4-3-5-7-18/h3-15,17H,16H2,1-2H3,(H,25,27)(H,26,28). The van der Waals surface area contributed by atoms with Gasteiger partial charge in [-0.15, -0.1) is 0 Å². The molecule has 3 aromatic carbocycles. The highest BCUT2D eigenvalue weighted by Gasteiger charge is 2.08. The Bertz CT molecular complexity index is 931. The minimum atomic E-state index is -0.181. The first kappa shape index (κ1) is 19.4. The number of amides is 2. The Kier molecular flexibility index (Phi) is 6.22. The molecule has 0 aliphatic heterocycles. The summed E-state index contributed by atoms with van der Waals surface area (Å²) in [6, 6.07) is 24.3. The molecule has 0 aliphatic carbocycles. The third kappa shape index (κ3) is 5.30. The largest absolute Gasteiger partial charge is 0.326 e. The molecule has 2 N–H and O–H groups in total. The van der Waals surface area contributed by atoms with Crippen LogP contribution in [-0.4, -0.2) is 11.8 Å². The SMILES string of the molecule is CC(C)c1ccc(NC(=O)c2ccc(NC(=O)Cc3ccccc3)cc2)cc1. The minimum absolute atomic E-state index is 0.0892. The fraction of sp³-hybridized carbons (Fsp3) is 0.167. The van der Waals surface area contributed by atoms with Crippen LogP contribution in [0.4, 0.5) is 11.4 Å². The Morgan fingerprint density at radius 1 is 0.750 bits per heavy atom. The molecule has 2 amide bonds. The molecule has 0 atom stereocenters. The molecule has 0 heterocycles. The molecule has 3 aromatic rings. The van der Waals surface area contributed by atoms with Gasteiger partial charge in [0, 0.05) is 16.9 Å². The number of carbonyl (C=O) groups is 2. The Morgan fingerprint density at radius 3 is 1.93 bits per heavy atom. The summed E-state index contributed by atoms with van der Waals surface area (Å²) in [6.07, 6.45) is 0.315. The number of rotatable bonds is 6. The summed E-state index contributed by atoms with van der Waals surface area (Å²) in [6.45, 7) is 4.27. The lowest BCUT2D eigenvalue weighted by molar-refractivity contribution is -0.115. The quantitative estimate of drug-likeness (QED) is 0.621. The Morgan fingerprint density at radius 2 is 1.32 bits per heavy atom. The second-order valence-electron chi connectivity index (χ2n) is 7.02. The van der Waals surface area contributed by atoms with E-state index < -0.39 is 0 Å². The van der Waals surface area contributed by atoms with Crippen LogP contribution < -0.4 is 10.6 Å². The van der Waals surface area contributed by atoms with Crippen LogP contribution in [0.25, 0.3) is 0 Å². The second-order valence-corrected chi connectivity index (χ2v) is 7.02. The zero-order chi connectivity index (χ0) is 19.9. The molecule has 0 bridgehead atoms. The van der Waals surface area contributed by atoms with E-state index in [0.29, 0.717) is 23.6 Å². The summed E-state index contributed by atoms with van der Waals surface area (Å²) in [5.74, 6) is 0.183. The van der Waals surface area contributed by atoms with E-state index >= 15 is 0 Å². The maximum absolute atomic E-state index is 12.4. The predicted octanol–water partition coefficient (Wildman–Crippen LogP) is 5.24. The maximum atomic E-state index is 12.4. The van der Waals surface area contributed by atoms with Crippen molar-refractivity contribution in [2.75, 3.05) is 10.6 Å². The van der Waals surface area contributed by atoms with Gasteiger partial charge in [0.05, 0.1) is 6.42 Å². The van der Waals surface area contributed by atoms with Crippen LogP contribution in [0.5, 0.6) is 0 Å². The molecule has 4 heteroatoms. The van der Waals surface area contributed by atoms with Gasteiger partial charge in [0.2, 0.25) is 5.91 Å². The van der Waals surface area contributed by atoms with Crippen molar-refractivity contribution in [3.63, 3.8) is 0 Å². The van der Waals surface area contributed by atoms with Crippen molar-refractivity contribution in [1.29, 1.82) is 0 Å². The smallest absolute Gasteiger partial charge is 0.255 e. The predicted molar refractivity (Wildman–Crippen MR) is 114 cm³/mol. The molecule has 142 valence electrons. The van der Waals surface area contributed by atoms with Gasteiger partial charge in [-0.2, -0.15) is 0 Å². The first-order valence-corrected chi connectivity index (χ1v) is 9.36. The van der Waals surface area contributed by atoms with E-state index in [1.807, 2.05) is 54.6 Å². The number of nitrogens with one attached hydrogen (secondary N) is 2. The fourth-order valence-electron chi connectivity index (χ4n) is 2.85. The van der Waals surface area contributed by atoms with Crippen LogP contribution in [0.2, 0.25) is 0 Å². The zero-order valence-corrected chi connectivity index (χ0v) is 16.1. The Hall–Kier alpha value is -3.40. The third-order valence-corrected chi connectivity index (χ3v) is 4.47. The van der Waals surface area contributed by atoms with Gasteiger partial charge in [-0.05, 0) is 53.4 Å². The molecule has 0 unspecified atom stereocenters. The summed E-state index contributed by atoms with van der Waals surface area (Å²) >= 11 is 0. The van der Waals surface area contributed by atoms with E-state index in [1.165, 1.54) is 5.56 Å². The zero-order valence-electron chi connectivity index (χ0n) is 16.1. The normalized spacial score (nSPS) is 10.5. The lowest BCUT2D eigenvalue weighted by atomic mass is 10.0. The number of benzene rings is 3. The van der Waals surface area contributed by atoms with E-state index in [-0.39, 0.29) is 11.8 Å². The Labute approximate surface area is 165 Å². The van der Waals surface area contributed by atoms with Crippen molar-refractivity contribution in [2.45, 2.75) is 26.2 Å². The average molecular weight is 372 g/mol. The lowest BCUT2D eigenvalue weighted by Crippen LogP contribution is -2.15. The summed E-state index contributed by atoms with van der Waals surface area (Å²) in [5, 5.41) is 5.74. The van der Waals surface area contributed by atoms with Crippen molar-refractivity contribution in [2.24, 2.45) is 0 Å². The fourth-order valence-corrected chi connectivity index (χ4v) is 2.85. The summed E-state index contributed by atoms with van der Waals surface area (Å²) < 4.78 is 0. The van der Waals surface area contributed by atoms with Crippen LogP contribution in [0.1, 0.15) is 41.3 Å². The van der Waals surface area contributed by atoms with E-state index in [1.54, 1.807) is 24.3 Å². The van der Waals surface area contributed by atoms with Gasteiger partial charge in [-0.3, -0.25) is 9.59 Å². The van der Waals surface area contributed by atoms with Gasteiger partial charge in [-0.1, -0.05) is 56.3 Å². The highest BCUT2D eigenvalue weighted by molar-refractivity contribution is 6.04. The van der Waals surface area contributed by atoms with Gasteiger partial charge < -0.3 is 10.6 Å². The number of anilines is 2. The van der Waals surface area contributed by atoms with Crippen LogP contribution in [0, 0.1) is 0 Å². The number of hydrogen-bond acceptors (Lipinski definition) is 2. The minimum Gasteiger partial charge on any atom is -0.326 e.